The van der Waals surface area contributed by atoms with Crippen LogP contribution in [0.1, 0.15) is 51.4 Å². The summed E-state index contributed by atoms with van der Waals surface area (Å²) in [5.41, 5.74) is 23.5. The lowest BCUT2D eigenvalue weighted by atomic mass is 9.94. The lowest BCUT2D eigenvalue weighted by Gasteiger charge is -2.24. The molecule has 0 heterocycles. The molecule has 0 fully saturated rings. The first-order chi connectivity index (χ1) is 14.0. The van der Waals surface area contributed by atoms with Crippen molar-refractivity contribution in [3.63, 3.8) is 0 Å². The molecule has 6 unspecified atom stereocenters. The fourth-order valence-electron chi connectivity index (χ4n) is 3.34. The zero-order valence-corrected chi connectivity index (χ0v) is 18.0. The highest BCUT2D eigenvalue weighted by Gasteiger charge is 2.22. The van der Waals surface area contributed by atoms with E-state index in [2.05, 4.69) is 9.47 Å². The predicted molar refractivity (Wildman–Crippen MR) is 111 cm³/mol. The Morgan fingerprint density at radius 2 is 0.833 bits per heavy atom. The molecule has 11 heteroatoms. The second-order valence-corrected chi connectivity index (χ2v) is 7.98. The van der Waals surface area contributed by atoms with E-state index in [-0.39, 0.29) is 51.4 Å². The number of hydrogen-bond donors (Lipinski definition) is 7. The maximum atomic E-state index is 11.2. The van der Waals surface area contributed by atoms with Gasteiger partial charge in [0.25, 0.3) is 0 Å². The van der Waals surface area contributed by atoms with Crippen LogP contribution in [0.5, 0.6) is 0 Å². The van der Waals surface area contributed by atoms with Crippen LogP contribution in [0.25, 0.3) is 0 Å². The number of aliphatic hydroxyl groups is 3. The van der Waals surface area contributed by atoms with E-state index in [1.54, 1.807) is 0 Å². The van der Waals surface area contributed by atoms with Crippen LogP contribution in [0.2, 0.25) is 0 Å². The van der Waals surface area contributed by atoms with Gasteiger partial charge in [0.15, 0.2) is 0 Å². The molecule has 0 saturated heterocycles. The molecule has 11 N–H and O–H groups in total. The summed E-state index contributed by atoms with van der Waals surface area (Å²) in [5.74, 6) is -0.895. The molecule has 0 saturated carbocycles. The predicted octanol–water partition coefficient (Wildman–Crippen LogP) is -2.15. The molecule has 6 atom stereocenters. The molecule has 0 aromatic carbocycles. The second-order valence-electron chi connectivity index (χ2n) is 7.98. The minimum absolute atomic E-state index is 0.00584. The monoisotopic (exact) mass is 436 g/mol. The Morgan fingerprint density at radius 3 is 1.07 bits per heavy atom. The Balaban J connectivity index is 4.18. The number of carbonyl (C=O) groups is 2. The van der Waals surface area contributed by atoms with Gasteiger partial charge in [-0.25, -0.2) is 0 Å². The summed E-state index contributed by atoms with van der Waals surface area (Å²) in [6.07, 6.45) is -1.16. The lowest BCUT2D eigenvalue weighted by molar-refractivity contribution is -0.142. The van der Waals surface area contributed by atoms with Crippen LogP contribution in [0.15, 0.2) is 0 Å². The first kappa shape index (κ1) is 28.7. The highest BCUT2D eigenvalue weighted by molar-refractivity contribution is 5.70. The smallest absolute Gasteiger partial charge is 0.307 e. The lowest BCUT2D eigenvalue weighted by Crippen LogP contribution is -2.37. The van der Waals surface area contributed by atoms with Crippen LogP contribution in [-0.2, 0) is 19.1 Å². The quantitative estimate of drug-likeness (QED) is 0.129. The average Bonchev–Trinajstić information content (AvgIpc) is 2.59. The van der Waals surface area contributed by atoms with E-state index >= 15 is 0 Å². The number of rotatable bonds is 16. The van der Waals surface area contributed by atoms with Gasteiger partial charge in [-0.3, -0.25) is 9.59 Å². The molecule has 0 rings (SSSR count). The largest absolute Gasteiger partial charge is 0.469 e. The van der Waals surface area contributed by atoms with Crippen molar-refractivity contribution in [1.82, 2.24) is 0 Å². The minimum Gasteiger partial charge on any atom is -0.469 e. The molecule has 0 amide bonds. The van der Waals surface area contributed by atoms with E-state index < -0.39 is 54.4 Å². The summed E-state index contributed by atoms with van der Waals surface area (Å²) in [4.78, 5) is 22.3. The molecular weight excluding hydrogens is 396 g/mol. The third kappa shape index (κ3) is 14.6. The summed E-state index contributed by atoms with van der Waals surface area (Å²) in [6, 6.07) is -2.04. The van der Waals surface area contributed by atoms with Crippen molar-refractivity contribution >= 4 is 11.9 Å². The molecule has 0 bridgehead atoms. The van der Waals surface area contributed by atoms with E-state index in [0.717, 1.165) is 0 Å². The van der Waals surface area contributed by atoms with Crippen LogP contribution in [0.4, 0.5) is 0 Å². The number of esters is 2. The van der Waals surface area contributed by atoms with Crippen LogP contribution in [0.3, 0.4) is 0 Å². The number of ether oxygens (including phenoxy) is 2. The molecule has 0 aromatic heterocycles. The maximum Gasteiger partial charge on any atom is 0.307 e. The second kappa shape index (κ2) is 15.5. The molecule has 11 nitrogen and oxygen atoms in total. The standard InChI is InChI=1S/C19H40N4O7/c1-29-18(27)9-13(22)7-16(25)5-11(20)3-15(24)4-12(21)6-17(26)8-14(23)10-19(28)30-2/h11-17,24-26H,3-10,20-23H2,1-2H3. The van der Waals surface area contributed by atoms with Gasteiger partial charge in [0.2, 0.25) is 0 Å². The van der Waals surface area contributed by atoms with Gasteiger partial charge in [-0.05, 0) is 38.5 Å². The first-order valence-electron chi connectivity index (χ1n) is 10.2. The number of methoxy groups -OCH3 is 2. The summed E-state index contributed by atoms with van der Waals surface area (Å²) in [5, 5.41) is 30.3. The van der Waals surface area contributed by atoms with Gasteiger partial charge in [-0.15, -0.1) is 0 Å². The molecule has 0 aliphatic rings. The Morgan fingerprint density at radius 1 is 0.600 bits per heavy atom. The Kier molecular flexibility index (Phi) is 14.8. The number of aliphatic hydroxyl groups excluding tert-OH is 3. The zero-order chi connectivity index (χ0) is 23.3. The highest BCUT2D eigenvalue weighted by Crippen LogP contribution is 2.14. The van der Waals surface area contributed by atoms with E-state index in [4.69, 9.17) is 22.9 Å². The molecule has 0 aliphatic heterocycles. The minimum atomic E-state index is -0.807. The SMILES string of the molecule is COC(=O)CC(N)CC(O)CC(N)CC(O)CC(N)CC(O)CC(N)CC(=O)OC. The number of hydrogen-bond acceptors (Lipinski definition) is 11. The normalized spacial score (nSPS) is 18.6. The van der Waals surface area contributed by atoms with Crippen LogP contribution < -0.4 is 22.9 Å². The molecule has 30 heavy (non-hydrogen) atoms. The van der Waals surface area contributed by atoms with E-state index in [1.165, 1.54) is 14.2 Å². The molecular formula is C19H40N4O7. The van der Waals surface area contributed by atoms with Gasteiger partial charge >= 0.3 is 11.9 Å². The summed E-state index contributed by atoms with van der Waals surface area (Å²) in [6.45, 7) is 0. The fourth-order valence-corrected chi connectivity index (χ4v) is 3.34. The molecule has 0 spiro atoms. The van der Waals surface area contributed by atoms with Crippen molar-refractivity contribution in [2.45, 2.75) is 93.8 Å². The number of nitrogens with two attached hydrogens (primary N) is 4. The molecule has 0 aliphatic carbocycles. The third-order valence-corrected chi connectivity index (χ3v) is 4.76. The van der Waals surface area contributed by atoms with Gasteiger partial charge in [0.05, 0.1) is 45.4 Å². The van der Waals surface area contributed by atoms with Gasteiger partial charge < -0.3 is 47.7 Å². The van der Waals surface area contributed by atoms with Crippen molar-refractivity contribution in [3.8, 4) is 0 Å². The van der Waals surface area contributed by atoms with Crippen molar-refractivity contribution in [1.29, 1.82) is 0 Å². The summed E-state index contributed by atoms with van der Waals surface area (Å²) >= 11 is 0. The average molecular weight is 437 g/mol. The highest BCUT2D eigenvalue weighted by atomic mass is 16.5. The molecule has 178 valence electrons. The third-order valence-electron chi connectivity index (χ3n) is 4.76. The van der Waals surface area contributed by atoms with Gasteiger partial charge in [-0.2, -0.15) is 0 Å². The van der Waals surface area contributed by atoms with Crippen LogP contribution in [0, 0.1) is 0 Å². The van der Waals surface area contributed by atoms with E-state index in [1.807, 2.05) is 0 Å². The van der Waals surface area contributed by atoms with Crippen LogP contribution >= 0.6 is 0 Å². The first-order valence-corrected chi connectivity index (χ1v) is 10.2. The fraction of sp³-hybridized carbons (Fsp3) is 0.895. The zero-order valence-electron chi connectivity index (χ0n) is 18.0. The van der Waals surface area contributed by atoms with Gasteiger partial charge in [-0.1, -0.05) is 0 Å². The Labute approximate surface area is 178 Å². The number of carbonyl (C=O) groups excluding carboxylic acids is 2. The summed E-state index contributed by atoms with van der Waals surface area (Å²) < 4.78 is 9.06. The van der Waals surface area contributed by atoms with Gasteiger partial charge in [0.1, 0.15) is 0 Å². The summed E-state index contributed by atoms with van der Waals surface area (Å²) in [7, 11) is 2.53. The van der Waals surface area contributed by atoms with Crippen LogP contribution in [-0.4, -0.2) is 84.0 Å². The van der Waals surface area contributed by atoms with E-state index in [0.29, 0.717) is 0 Å². The van der Waals surface area contributed by atoms with Gasteiger partial charge in [0, 0.05) is 24.2 Å². The topological polar surface area (TPSA) is 217 Å². The Hall–Kier alpha value is -1.34. The van der Waals surface area contributed by atoms with Crippen molar-refractivity contribution in [2.75, 3.05) is 14.2 Å². The molecule has 0 aromatic rings. The van der Waals surface area contributed by atoms with E-state index in [9.17, 15) is 24.9 Å². The van der Waals surface area contributed by atoms with Crippen molar-refractivity contribution in [2.24, 2.45) is 22.9 Å². The van der Waals surface area contributed by atoms with Crippen molar-refractivity contribution in [3.05, 3.63) is 0 Å². The molecule has 0 radical (unpaired) electrons. The maximum absolute atomic E-state index is 11.2. The Bertz CT molecular complexity index is 456. The van der Waals surface area contributed by atoms with Crippen molar-refractivity contribution < 1.29 is 34.4 Å².